The predicted octanol–water partition coefficient (Wildman–Crippen LogP) is 6.98. The maximum Gasteiger partial charge on any atom is 0.186 e. The summed E-state index contributed by atoms with van der Waals surface area (Å²) >= 11 is 9.59. The first-order valence-corrected chi connectivity index (χ1v) is 10.0. The number of benzene rings is 2. The third kappa shape index (κ3) is 3.27. The quantitative estimate of drug-likeness (QED) is 0.430. The summed E-state index contributed by atoms with van der Waals surface area (Å²) in [6, 6.07) is 8.23. The van der Waals surface area contributed by atoms with Gasteiger partial charge in [-0.05, 0) is 65.0 Å². The van der Waals surface area contributed by atoms with Gasteiger partial charge in [-0.25, -0.2) is 13.8 Å². The van der Waals surface area contributed by atoms with Crippen molar-refractivity contribution in [2.24, 2.45) is 5.92 Å². The zero-order valence-corrected chi connectivity index (χ0v) is 16.5. The zero-order valence-electron chi connectivity index (χ0n) is 14.1. The molecule has 1 saturated carbocycles. The highest BCUT2D eigenvalue weighted by Crippen LogP contribution is 2.35. The molecule has 0 atom stereocenters. The Morgan fingerprint density at radius 1 is 1.12 bits per heavy atom. The molecule has 6 heteroatoms. The molecule has 0 aliphatic heterocycles. The van der Waals surface area contributed by atoms with E-state index in [-0.39, 0.29) is 5.52 Å². The summed E-state index contributed by atoms with van der Waals surface area (Å²) in [6.07, 6.45) is 6.03. The molecule has 2 aromatic carbocycles. The molecule has 0 spiro atoms. The second-order valence-electron chi connectivity index (χ2n) is 6.90. The standard InChI is InChI=1S/C20H18BrClF2N2/c21-15-10-13(22)6-7-14(15)20-25-19-17(9-8-16(23)18(19)24)26(20)11-12-4-2-1-3-5-12/h6-10,12H,1-5,11H2. The number of nitrogens with zero attached hydrogens (tertiary/aromatic N) is 2. The lowest BCUT2D eigenvalue weighted by atomic mass is 9.89. The summed E-state index contributed by atoms with van der Waals surface area (Å²) in [7, 11) is 0. The molecule has 0 saturated heterocycles. The first-order valence-electron chi connectivity index (χ1n) is 8.84. The van der Waals surface area contributed by atoms with Gasteiger partial charge in [0.2, 0.25) is 0 Å². The number of aromatic nitrogens is 2. The molecule has 1 aromatic heterocycles. The van der Waals surface area contributed by atoms with Crippen LogP contribution in [0.5, 0.6) is 0 Å². The first kappa shape index (κ1) is 17.9. The third-order valence-electron chi connectivity index (χ3n) is 5.15. The average molecular weight is 440 g/mol. The van der Waals surface area contributed by atoms with Gasteiger partial charge in [0.1, 0.15) is 11.3 Å². The van der Waals surface area contributed by atoms with Crippen LogP contribution in [0.15, 0.2) is 34.8 Å². The highest BCUT2D eigenvalue weighted by atomic mass is 79.9. The SMILES string of the molecule is Fc1ccc2c(nc(-c3ccc(Cl)cc3Br)n2CC2CCCCC2)c1F. The summed E-state index contributed by atoms with van der Waals surface area (Å²) in [6.45, 7) is 0.756. The van der Waals surface area contributed by atoms with Crippen LogP contribution in [0.4, 0.5) is 8.78 Å². The van der Waals surface area contributed by atoms with Gasteiger partial charge in [-0.2, -0.15) is 0 Å². The summed E-state index contributed by atoms with van der Waals surface area (Å²) in [4.78, 5) is 4.47. The Morgan fingerprint density at radius 2 is 1.88 bits per heavy atom. The van der Waals surface area contributed by atoms with Gasteiger partial charge >= 0.3 is 0 Å². The molecule has 4 rings (SSSR count). The van der Waals surface area contributed by atoms with Crippen LogP contribution in [0.1, 0.15) is 32.1 Å². The van der Waals surface area contributed by atoms with Crippen LogP contribution in [0, 0.1) is 17.6 Å². The van der Waals surface area contributed by atoms with Crippen LogP contribution in [0.25, 0.3) is 22.4 Å². The van der Waals surface area contributed by atoms with Crippen molar-refractivity contribution in [1.29, 1.82) is 0 Å². The highest BCUT2D eigenvalue weighted by molar-refractivity contribution is 9.10. The summed E-state index contributed by atoms with van der Waals surface area (Å²) in [5.74, 6) is -0.601. The maximum atomic E-state index is 14.4. The molecule has 0 N–H and O–H groups in total. The first-order chi connectivity index (χ1) is 12.5. The van der Waals surface area contributed by atoms with Crippen molar-refractivity contribution >= 4 is 38.6 Å². The average Bonchev–Trinajstić information content (AvgIpc) is 2.98. The smallest absolute Gasteiger partial charge is 0.186 e. The Morgan fingerprint density at radius 3 is 2.62 bits per heavy atom. The molecular formula is C20H18BrClF2N2. The van der Waals surface area contributed by atoms with Gasteiger partial charge in [0.15, 0.2) is 11.6 Å². The molecule has 136 valence electrons. The molecule has 0 unspecified atom stereocenters. The monoisotopic (exact) mass is 438 g/mol. The Bertz CT molecular complexity index is 964. The van der Waals surface area contributed by atoms with E-state index >= 15 is 0 Å². The fourth-order valence-electron chi connectivity index (χ4n) is 3.82. The van der Waals surface area contributed by atoms with Crippen molar-refractivity contribution in [1.82, 2.24) is 9.55 Å². The minimum atomic E-state index is -0.892. The van der Waals surface area contributed by atoms with E-state index in [1.165, 1.54) is 25.3 Å². The van der Waals surface area contributed by atoms with Crippen molar-refractivity contribution in [3.8, 4) is 11.4 Å². The summed E-state index contributed by atoms with van der Waals surface area (Å²) < 4.78 is 30.9. The second-order valence-corrected chi connectivity index (χ2v) is 8.19. The number of hydrogen-bond donors (Lipinski definition) is 0. The van der Waals surface area contributed by atoms with Crippen LogP contribution in [0.2, 0.25) is 5.02 Å². The molecule has 0 radical (unpaired) electrons. The van der Waals surface area contributed by atoms with E-state index in [0.29, 0.717) is 22.3 Å². The Balaban J connectivity index is 1.89. The number of hydrogen-bond acceptors (Lipinski definition) is 1. The minimum absolute atomic E-state index is 0.0812. The van der Waals surface area contributed by atoms with E-state index in [4.69, 9.17) is 11.6 Å². The van der Waals surface area contributed by atoms with Gasteiger partial charge in [-0.3, -0.25) is 0 Å². The van der Waals surface area contributed by atoms with E-state index < -0.39 is 11.6 Å². The van der Waals surface area contributed by atoms with Crippen LogP contribution >= 0.6 is 27.5 Å². The van der Waals surface area contributed by atoms with Gasteiger partial charge in [0.25, 0.3) is 0 Å². The predicted molar refractivity (Wildman–Crippen MR) is 104 cm³/mol. The largest absolute Gasteiger partial charge is 0.324 e. The van der Waals surface area contributed by atoms with E-state index in [0.717, 1.165) is 29.4 Å². The van der Waals surface area contributed by atoms with Gasteiger partial charge in [-0.1, -0.05) is 30.9 Å². The molecule has 1 heterocycles. The van der Waals surface area contributed by atoms with Gasteiger partial charge in [-0.15, -0.1) is 0 Å². The highest BCUT2D eigenvalue weighted by Gasteiger charge is 2.22. The zero-order chi connectivity index (χ0) is 18.3. The fourth-order valence-corrected chi connectivity index (χ4v) is 4.68. The molecular weight excluding hydrogens is 422 g/mol. The lowest BCUT2D eigenvalue weighted by molar-refractivity contribution is 0.323. The molecule has 1 aliphatic carbocycles. The van der Waals surface area contributed by atoms with E-state index in [2.05, 4.69) is 20.9 Å². The van der Waals surface area contributed by atoms with Crippen LogP contribution in [-0.4, -0.2) is 9.55 Å². The van der Waals surface area contributed by atoms with Crippen LogP contribution in [0.3, 0.4) is 0 Å². The molecule has 2 nitrogen and oxygen atoms in total. The number of rotatable bonds is 3. The molecule has 0 bridgehead atoms. The summed E-state index contributed by atoms with van der Waals surface area (Å²) in [5.41, 5.74) is 1.53. The molecule has 26 heavy (non-hydrogen) atoms. The molecule has 0 amide bonds. The Hall–Kier alpha value is -1.46. The molecule has 3 aromatic rings. The number of halogens is 4. The van der Waals surface area contributed by atoms with Gasteiger partial charge in [0, 0.05) is 21.6 Å². The molecule has 1 fully saturated rings. The van der Waals surface area contributed by atoms with Crippen LogP contribution < -0.4 is 0 Å². The van der Waals surface area contributed by atoms with E-state index in [9.17, 15) is 8.78 Å². The van der Waals surface area contributed by atoms with E-state index in [1.807, 2.05) is 10.6 Å². The van der Waals surface area contributed by atoms with Gasteiger partial charge in [0.05, 0.1) is 5.52 Å². The maximum absolute atomic E-state index is 14.4. The normalized spacial score (nSPS) is 15.7. The summed E-state index contributed by atoms with van der Waals surface area (Å²) in [5, 5.41) is 0.604. The Kier molecular flexibility index (Phi) is 5.02. The Labute approximate surface area is 164 Å². The molecule has 1 aliphatic rings. The van der Waals surface area contributed by atoms with Crippen molar-refractivity contribution in [3.63, 3.8) is 0 Å². The van der Waals surface area contributed by atoms with Crippen molar-refractivity contribution in [2.45, 2.75) is 38.6 Å². The lowest BCUT2D eigenvalue weighted by Gasteiger charge is -2.23. The fraction of sp³-hybridized carbons (Fsp3) is 0.350. The lowest BCUT2D eigenvalue weighted by Crippen LogP contribution is -2.15. The van der Waals surface area contributed by atoms with Crippen LogP contribution in [-0.2, 0) is 6.54 Å². The van der Waals surface area contributed by atoms with E-state index in [1.54, 1.807) is 18.2 Å². The third-order valence-corrected chi connectivity index (χ3v) is 6.04. The van der Waals surface area contributed by atoms with Gasteiger partial charge < -0.3 is 4.57 Å². The number of fused-ring (bicyclic) bond motifs is 1. The topological polar surface area (TPSA) is 17.8 Å². The van der Waals surface area contributed by atoms with Crippen molar-refractivity contribution in [3.05, 3.63) is 51.5 Å². The second kappa shape index (κ2) is 7.28. The van der Waals surface area contributed by atoms with Crippen molar-refractivity contribution in [2.75, 3.05) is 0 Å². The number of imidazole rings is 1. The minimum Gasteiger partial charge on any atom is -0.324 e. The van der Waals surface area contributed by atoms with Crippen molar-refractivity contribution < 1.29 is 8.78 Å².